The molecule has 0 aliphatic carbocycles. The van der Waals surface area contributed by atoms with E-state index in [2.05, 4.69) is 62.4 Å². The Kier molecular flexibility index (Phi) is 5.65. The molecule has 0 radical (unpaired) electrons. The van der Waals surface area contributed by atoms with Gasteiger partial charge < -0.3 is 9.88 Å². The summed E-state index contributed by atoms with van der Waals surface area (Å²) >= 11 is 1.56. The zero-order valence-electron chi connectivity index (χ0n) is 17.1. The van der Waals surface area contributed by atoms with Crippen LogP contribution in [0.3, 0.4) is 0 Å². The third-order valence-corrected chi connectivity index (χ3v) is 6.58. The second-order valence-corrected chi connectivity index (χ2v) is 8.62. The molecule has 3 heterocycles. The van der Waals surface area contributed by atoms with E-state index in [1.54, 1.807) is 17.5 Å². The predicted octanol–water partition coefficient (Wildman–Crippen LogP) is 4.26. The number of hydrogen-bond donors (Lipinski definition) is 1. The molecule has 156 valence electrons. The Hall–Kier alpha value is -3.22. The van der Waals surface area contributed by atoms with E-state index >= 15 is 0 Å². The molecule has 1 aliphatic rings. The fraction of sp³-hybridized carbons (Fsp3) is 0.200. The average Bonchev–Trinajstić information content (AvgIpc) is 3.51. The summed E-state index contributed by atoms with van der Waals surface area (Å²) in [5.41, 5.74) is 3.47. The fourth-order valence-electron chi connectivity index (χ4n) is 4.32. The number of benzene rings is 2. The number of carbonyl (C=O) groups excluding carboxylic acids is 1. The SMILES string of the molecule is O=C(CN1CCn2cccc2C1c1ccccc1)NC(c1ccccc1)c1nccs1. The summed E-state index contributed by atoms with van der Waals surface area (Å²) in [6.07, 6.45) is 3.91. The molecule has 5 rings (SSSR count). The minimum atomic E-state index is -0.238. The number of fused-ring (bicyclic) bond motifs is 1. The minimum Gasteiger partial charge on any atom is -0.348 e. The van der Waals surface area contributed by atoms with Gasteiger partial charge in [0, 0.05) is 36.6 Å². The molecule has 0 spiro atoms. The molecule has 0 saturated carbocycles. The van der Waals surface area contributed by atoms with Crippen LogP contribution in [0.5, 0.6) is 0 Å². The number of hydrogen-bond acceptors (Lipinski definition) is 4. The van der Waals surface area contributed by atoms with Gasteiger partial charge in [0.15, 0.2) is 0 Å². The fourth-order valence-corrected chi connectivity index (χ4v) is 5.03. The summed E-state index contributed by atoms with van der Waals surface area (Å²) in [6, 6.07) is 24.5. The first-order valence-corrected chi connectivity index (χ1v) is 11.4. The second kappa shape index (κ2) is 8.88. The number of amides is 1. The van der Waals surface area contributed by atoms with Gasteiger partial charge in [0.25, 0.3) is 0 Å². The molecule has 31 heavy (non-hydrogen) atoms. The molecular weight excluding hydrogens is 404 g/mol. The van der Waals surface area contributed by atoms with Crippen LogP contribution in [0, 0.1) is 0 Å². The summed E-state index contributed by atoms with van der Waals surface area (Å²) in [7, 11) is 0. The molecule has 0 saturated heterocycles. The van der Waals surface area contributed by atoms with Crippen molar-refractivity contribution in [3.05, 3.63) is 112 Å². The molecule has 5 nitrogen and oxygen atoms in total. The Bertz CT molecular complexity index is 1120. The summed E-state index contributed by atoms with van der Waals surface area (Å²) in [6.45, 7) is 2.04. The van der Waals surface area contributed by atoms with Crippen molar-refractivity contribution in [1.29, 1.82) is 0 Å². The van der Waals surface area contributed by atoms with E-state index in [4.69, 9.17) is 0 Å². The lowest BCUT2D eigenvalue weighted by molar-refractivity contribution is -0.123. The van der Waals surface area contributed by atoms with Crippen molar-refractivity contribution >= 4 is 17.2 Å². The zero-order valence-corrected chi connectivity index (χ0v) is 17.9. The molecule has 6 heteroatoms. The van der Waals surface area contributed by atoms with Crippen LogP contribution in [0.1, 0.15) is 33.9 Å². The van der Waals surface area contributed by atoms with E-state index in [0.717, 1.165) is 23.7 Å². The van der Waals surface area contributed by atoms with Crippen molar-refractivity contribution in [2.24, 2.45) is 0 Å². The number of rotatable bonds is 6. The first-order chi connectivity index (χ1) is 15.3. The van der Waals surface area contributed by atoms with Gasteiger partial charge in [-0.3, -0.25) is 9.69 Å². The smallest absolute Gasteiger partial charge is 0.235 e. The van der Waals surface area contributed by atoms with Gasteiger partial charge in [-0.2, -0.15) is 0 Å². The third-order valence-electron chi connectivity index (χ3n) is 5.74. The van der Waals surface area contributed by atoms with Crippen LogP contribution in [0.15, 0.2) is 90.6 Å². The van der Waals surface area contributed by atoms with Crippen LogP contribution in [0.4, 0.5) is 0 Å². The molecule has 1 aliphatic heterocycles. The minimum absolute atomic E-state index is 0.00462. The first-order valence-electron chi connectivity index (χ1n) is 10.5. The van der Waals surface area contributed by atoms with E-state index in [1.807, 2.05) is 41.8 Å². The highest BCUT2D eigenvalue weighted by Gasteiger charge is 2.30. The Morgan fingerprint density at radius 3 is 2.55 bits per heavy atom. The maximum atomic E-state index is 13.2. The zero-order chi connectivity index (χ0) is 21.0. The number of aromatic nitrogens is 2. The monoisotopic (exact) mass is 428 g/mol. The van der Waals surface area contributed by atoms with Crippen LogP contribution < -0.4 is 5.32 Å². The highest BCUT2D eigenvalue weighted by Crippen LogP contribution is 2.32. The largest absolute Gasteiger partial charge is 0.348 e. The number of thiazole rings is 1. The van der Waals surface area contributed by atoms with Crippen LogP contribution in [0.2, 0.25) is 0 Å². The van der Waals surface area contributed by atoms with Crippen molar-refractivity contribution < 1.29 is 4.79 Å². The van der Waals surface area contributed by atoms with Gasteiger partial charge in [-0.1, -0.05) is 60.7 Å². The molecule has 0 fully saturated rings. The van der Waals surface area contributed by atoms with Gasteiger partial charge in [0.1, 0.15) is 11.0 Å². The van der Waals surface area contributed by atoms with E-state index in [0.29, 0.717) is 6.54 Å². The van der Waals surface area contributed by atoms with Crippen molar-refractivity contribution in [3.8, 4) is 0 Å². The maximum absolute atomic E-state index is 13.2. The Morgan fingerprint density at radius 1 is 1.03 bits per heavy atom. The molecule has 2 aromatic carbocycles. The number of carbonyl (C=O) groups is 1. The summed E-state index contributed by atoms with van der Waals surface area (Å²) in [5, 5.41) is 6.07. The van der Waals surface area contributed by atoms with Gasteiger partial charge in [-0.25, -0.2) is 4.98 Å². The standard InChI is InChI=1S/C25H24N4OS/c30-22(27-23(25-26-13-17-31-25)19-8-3-1-4-9-19)18-29-16-15-28-14-7-12-21(28)24(29)20-10-5-2-6-11-20/h1-14,17,23-24H,15-16,18H2,(H,27,30). The molecule has 2 atom stereocenters. The highest BCUT2D eigenvalue weighted by atomic mass is 32.1. The maximum Gasteiger partial charge on any atom is 0.235 e. The summed E-state index contributed by atoms with van der Waals surface area (Å²) in [5.74, 6) is 0.00462. The average molecular weight is 429 g/mol. The van der Waals surface area contributed by atoms with Gasteiger partial charge in [0.05, 0.1) is 12.6 Å². The van der Waals surface area contributed by atoms with Crippen LogP contribution in [-0.2, 0) is 11.3 Å². The van der Waals surface area contributed by atoms with Crippen LogP contribution >= 0.6 is 11.3 Å². The van der Waals surface area contributed by atoms with Gasteiger partial charge >= 0.3 is 0 Å². The van der Waals surface area contributed by atoms with Gasteiger partial charge in [-0.15, -0.1) is 11.3 Å². The van der Waals surface area contributed by atoms with E-state index < -0.39 is 0 Å². The van der Waals surface area contributed by atoms with Gasteiger partial charge in [0.2, 0.25) is 5.91 Å². The van der Waals surface area contributed by atoms with Crippen molar-refractivity contribution in [3.63, 3.8) is 0 Å². The van der Waals surface area contributed by atoms with E-state index in [-0.39, 0.29) is 18.0 Å². The van der Waals surface area contributed by atoms with Crippen molar-refractivity contribution in [2.75, 3.05) is 13.1 Å². The lowest BCUT2D eigenvalue weighted by Gasteiger charge is -2.37. The molecule has 0 bridgehead atoms. The summed E-state index contributed by atoms with van der Waals surface area (Å²) in [4.78, 5) is 20.0. The highest BCUT2D eigenvalue weighted by molar-refractivity contribution is 7.09. The lowest BCUT2D eigenvalue weighted by atomic mass is 10.00. The molecule has 2 aromatic heterocycles. The topological polar surface area (TPSA) is 50.2 Å². The number of nitrogens with zero attached hydrogens (tertiary/aromatic N) is 3. The van der Waals surface area contributed by atoms with Crippen molar-refractivity contribution in [1.82, 2.24) is 19.8 Å². The third kappa shape index (κ3) is 4.17. The van der Waals surface area contributed by atoms with Crippen LogP contribution in [0.25, 0.3) is 0 Å². The lowest BCUT2D eigenvalue weighted by Crippen LogP contribution is -2.45. The summed E-state index contributed by atoms with van der Waals surface area (Å²) < 4.78 is 2.29. The van der Waals surface area contributed by atoms with E-state index in [1.165, 1.54) is 11.3 Å². The number of nitrogens with one attached hydrogen (secondary N) is 1. The van der Waals surface area contributed by atoms with Crippen LogP contribution in [-0.4, -0.2) is 33.4 Å². The molecule has 1 amide bonds. The van der Waals surface area contributed by atoms with Gasteiger partial charge in [-0.05, 0) is 23.3 Å². The Balaban J connectivity index is 1.39. The van der Waals surface area contributed by atoms with E-state index in [9.17, 15) is 4.79 Å². The normalized spacial score (nSPS) is 17.1. The quantitative estimate of drug-likeness (QED) is 0.499. The molecule has 2 unspecified atom stereocenters. The molecule has 4 aromatic rings. The predicted molar refractivity (Wildman–Crippen MR) is 123 cm³/mol. The molecular formula is C25H24N4OS. The Labute approximate surface area is 186 Å². The molecule has 1 N–H and O–H groups in total. The second-order valence-electron chi connectivity index (χ2n) is 7.69. The first kappa shape index (κ1) is 19.7. The Morgan fingerprint density at radius 2 is 1.81 bits per heavy atom. The van der Waals surface area contributed by atoms with Crippen molar-refractivity contribution in [2.45, 2.75) is 18.6 Å².